The summed E-state index contributed by atoms with van der Waals surface area (Å²) in [6.45, 7) is -0.111. The molecule has 14 heteroatoms. The van der Waals surface area contributed by atoms with E-state index in [0.29, 0.717) is 16.5 Å². The van der Waals surface area contributed by atoms with Gasteiger partial charge in [-0.1, -0.05) is 17.7 Å². The molecule has 35 heavy (non-hydrogen) atoms. The molecule has 3 aromatic heterocycles. The van der Waals surface area contributed by atoms with Crippen LogP contribution in [0.5, 0.6) is 5.75 Å². The van der Waals surface area contributed by atoms with Gasteiger partial charge in [-0.25, -0.2) is 32.2 Å². The van der Waals surface area contributed by atoms with Crippen molar-refractivity contribution in [3.05, 3.63) is 77.0 Å². The van der Waals surface area contributed by atoms with Crippen LogP contribution in [-0.4, -0.2) is 50.5 Å². The number of halogens is 3. The van der Waals surface area contributed by atoms with Gasteiger partial charge in [0.05, 0.1) is 10.8 Å². The largest absolute Gasteiger partial charge is 0.489 e. The molecule has 0 aliphatic carbocycles. The second kappa shape index (κ2) is 9.15. The van der Waals surface area contributed by atoms with Crippen LogP contribution in [0.4, 0.5) is 14.7 Å². The number of nitrogens with one attached hydrogen (secondary N) is 1. The lowest BCUT2D eigenvalue weighted by atomic mass is 10.1. The van der Waals surface area contributed by atoms with Gasteiger partial charge in [0.15, 0.2) is 5.82 Å². The molecule has 0 unspecified atom stereocenters. The van der Waals surface area contributed by atoms with Gasteiger partial charge in [0.1, 0.15) is 41.6 Å². The van der Waals surface area contributed by atoms with E-state index < -0.39 is 27.7 Å². The van der Waals surface area contributed by atoms with Gasteiger partial charge in [0.25, 0.3) is 0 Å². The van der Waals surface area contributed by atoms with E-state index in [-0.39, 0.29) is 41.9 Å². The summed E-state index contributed by atoms with van der Waals surface area (Å²) in [6, 6.07) is 5.50. The van der Waals surface area contributed by atoms with E-state index in [1.54, 1.807) is 12.1 Å². The highest BCUT2D eigenvalue weighted by Gasteiger charge is 2.32. The fourth-order valence-electron chi connectivity index (χ4n) is 3.62. The van der Waals surface area contributed by atoms with E-state index in [2.05, 4.69) is 29.9 Å². The van der Waals surface area contributed by atoms with Crippen molar-refractivity contribution < 1.29 is 21.9 Å². The van der Waals surface area contributed by atoms with Crippen molar-refractivity contribution in [2.24, 2.45) is 0 Å². The van der Waals surface area contributed by atoms with Gasteiger partial charge >= 0.3 is 0 Å². The number of benzene rings is 1. The molecule has 180 valence electrons. The van der Waals surface area contributed by atoms with Gasteiger partial charge in [-0.2, -0.15) is 0 Å². The molecule has 0 amide bonds. The number of anilines is 1. The van der Waals surface area contributed by atoms with E-state index in [0.717, 1.165) is 12.1 Å². The molecule has 0 fully saturated rings. The maximum atomic E-state index is 14.8. The van der Waals surface area contributed by atoms with Crippen molar-refractivity contribution in [2.45, 2.75) is 12.5 Å². The predicted octanol–water partition coefficient (Wildman–Crippen LogP) is 3.03. The van der Waals surface area contributed by atoms with E-state index in [1.165, 1.54) is 29.2 Å². The number of hydrogen-bond acceptors (Lipinski definition) is 8. The number of hydrogen-bond donors (Lipinski definition) is 1. The molecule has 1 N–H and O–H groups in total. The maximum absolute atomic E-state index is 14.8. The SMILES string of the molecule is O=S(=O)(CCc1ncc(Cl)cn1)Nc1nnc2n1[C@@H](c1ccc(F)cc1F)COc1cccnc1-2. The summed E-state index contributed by atoms with van der Waals surface area (Å²) in [5, 5.41) is 8.43. The molecule has 0 spiro atoms. The lowest BCUT2D eigenvalue weighted by molar-refractivity contribution is 0.277. The number of rotatable bonds is 6. The zero-order chi connectivity index (χ0) is 24.6. The van der Waals surface area contributed by atoms with Crippen molar-refractivity contribution in [1.29, 1.82) is 0 Å². The minimum Gasteiger partial charge on any atom is -0.489 e. The molecule has 4 aromatic rings. The van der Waals surface area contributed by atoms with Gasteiger partial charge in [0.2, 0.25) is 16.0 Å². The summed E-state index contributed by atoms with van der Waals surface area (Å²) in [6.07, 6.45) is 4.26. The molecular formula is C21H16ClF2N7O3S. The second-order valence-electron chi connectivity index (χ2n) is 7.55. The van der Waals surface area contributed by atoms with Gasteiger partial charge in [-0.3, -0.25) is 9.29 Å². The maximum Gasteiger partial charge on any atom is 0.239 e. The second-order valence-corrected chi connectivity index (χ2v) is 9.83. The molecule has 0 saturated heterocycles. The molecular weight excluding hydrogens is 504 g/mol. The normalized spacial score (nSPS) is 15.0. The lowest BCUT2D eigenvalue weighted by Gasteiger charge is -2.20. The highest BCUT2D eigenvalue weighted by atomic mass is 35.5. The number of fused-ring (bicyclic) bond motifs is 3. The average molecular weight is 520 g/mol. The highest BCUT2D eigenvalue weighted by molar-refractivity contribution is 7.92. The number of sulfonamides is 1. The number of aryl methyl sites for hydroxylation is 1. The van der Waals surface area contributed by atoms with Crippen LogP contribution in [0.15, 0.2) is 48.9 Å². The number of ether oxygens (including phenoxy) is 1. The van der Waals surface area contributed by atoms with Crippen molar-refractivity contribution in [3.63, 3.8) is 0 Å². The van der Waals surface area contributed by atoms with Crippen LogP contribution in [0, 0.1) is 11.6 Å². The molecule has 0 saturated carbocycles. The average Bonchev–Trinajstić information content (AvgIpc) is 3.14. The number of pyridine rings is 1. The molecule has 1 aliphatic heterocycles. The van der Waals surface area contributed by atoms with Gasteiger partial charge in [-0.15, -0.1) is 10.2 Å². The Hall–Kier alpha value is -3.71. The van der Waals surface area contributed by atoms with Gasteiger partial charge in [-0.05, 0) is 18.2 Å². The number of aromatic nitrogens is 6. The van der Waals surface area contributed by atoms with Crippen LogP contribution in [0.25, 0.3) is 11.5 Å². The van der Waals surface area contributed by atoms with Gasteiger partial charge < -0.3 is 4.74 Å². The summed E-state index contributed by atoms with van der Waals surface area (Å²) >= 11 is 5.76. The molecule has 5 rings (SSSR count). The summed E-state index contributed by atoms with van der Waals surface area (Å²) < 4.78 is 63.7. The molecule has 0 bridgehead atoms. The fourth-order valence-corrected chi connectivity index (χ4v) is 4.69. The first kappa shape index (κ1) is 23.1. The van der Waals surface area contributed by atoms with E-state index in [4.69, 9.17) is 16.3 Å². The van der Waals surface area contributed by atoms with Crippen molar-refractivity contribution in [1.82, 2.24) is 29.7 Å². The Kier molecular flexibility index (Phi) is 6.03. The van der Waals surface area contributed by atoms with Crippen molar-refractivity contribution >= 4 is 27.6 Å². The molecule has 1 aliphatic rings. The van der Waals surface area contributed by atoms with E-state index in [1.807, 2.05) is 0 Å². The summed E-state index contributed by atoms with van der Waals surface area (Å²) in [5.41, 5.74) is 0.361. The Balaban J connectivity index is 1.52. The third-order valence-corrected chi connectivity index (χ3v) is 6.65. The first-order valence-corrected chi connectivity index (χ1v) is 12.3. The monoisotopic (exact) mass is 519 g/mol. The van der Waals surface area contributed by atoms with Crippen molar-refractivity contribution in [2.75, 3.05) is 17.1 Å². The smallest absolute Gasteiger partial charge is 0.239 e. The first-order chi connectivity index (χ1) is 16.8. The van der Waals surface area contributed by atoms with Gasteiger partial charge in [0, 0.05) is 36.6 Å². The third-order valence-electron chi connectivity index (χ3n) is 5.22. The Morgan fingerprint density at radius 1 is 1.14 bits per heavy atom. The zero-order valence-electron chi connectivity index (χ0n) is 17.8. The molecule has 0 radical (unpaired) electrons. The summed E-state index contributed by atoms with van der Waals surface area (Å²) in [5.74, 6) is -1.31. The summed E-state index contributed by atoms with van der Waals surface area (Å²) in [4.78, 5) is 12.2. The minimum absolute atomic E-state index is 0.0109. The quantitative estimate of drug-likeness (QED) is 0.412. The molecule has 1 aromatic carbocycles. The van der Waals surface area contributed by atoms with E-state index >= 15 is 0 Å². The minimum atomic E-state index is -3.96. The van der Waals surface area contributed by atoms with Crippen LogP contribution in [-0.2, 0) is 16.4 Å². The Labute approximate surface area is 203 Å². The molecule has 1 atom stereocenters. The molecule has 10 nitrogen and oxygen atoms in total. The topological polar surface area (TPSA) is 125 Å². The standard InChI is InChI=1S/C21H16ClF2N7O3S/c22-12-9-26-18(27-10-12)5-7-35(32,33)30-21-29-28-20-19-17(2-1-6-25-19)34-11-16(31(20)21)14-4-3-13(23)8-15(14)24/h1-4,6,8-10,16H,5,7,11H2,(H,29,30)/t16-/m1/s1. The predicted molar refractivity (Wildman–Crippen MR) is 121 cm³/mol. The number of nitrogens with zero attached hydrogens (tertiary/aromatic N) is 6. The fraction of sp³-hybridized carbons (Fsp3) is 0.190. The molecule has 4 heterocycles. The third kappa shape index (κ3) is 4.77. The van der Waals surface area contributed by atoms with E-state index in [9.17, 15) is 17.2 Å². The van der Waals surface area contributed by atoms with Crippen molar-refractivity contribution in [3.8, 4) is 17.3 Å². The van der Waals surface area contributed by atoms with Crippen LogP contribution in [0.3, 0.4) is 0 Å². The first-order valence-electron chi connectivity index (χ1n) is 10.3. The van der Waals surface area contributed by atoms with Crippen LogP contribution < -0.4 is 9.46 Å². The zero-order valence-corrected chi connectivity index (χ0v) is 19.3. The van der Waals surface area contributed by atoms with Crippen LogP contribution in [0.2, 0.25) is 5.02 Å². The Morgan fingerprint density at radius 3 is 2.71 bits per heavy atom. The lowest BCUT2D eigenvalue weighted by Crippen LogP contribution is -2.25. The Morgan fingerprint density at radius 2 is 1.94 bits per heavy atom. The highest BCUT2D eigenvalue weighted by Crippen LogP contribution is 2.37. The van der Waals surface area contributed by atoms with Crippen LogP contribution in [0.1, 0.15) is 17.4 Å². The van der Waals surface area contributed by atoms with Crippen LogP contribution >= 0.6 is 11.6 Å². The summed E-state index contributed by atoms with van der Waals surface area (Å²) in [7, 11) is -3.96. The Bertz CT molecular complexity index is 1500.